The minimum atomic E-state index is -0.790. The Morgan fingerprint density at radius 3 is 2.42 bits per heavy atom. The maximum Gasteiger partial charge on any atom is 0.307 e. The summed E-state index contributed by atoms with van der Waals surface area (Å²) in [6.45, 7) is 5.01. The molecule has 0 aromatic carbocycles. The maximum atomic E-state index is 12.7. The van der Waals surface area contributed by atoms with Gasteiger partial charge in [-0.1, -0.05) is 20.3 Å². The number of carboxylic acids is 1. The van der Waals surface area contributed by atoms with Crippen molar-refractivity contribution in [2.45, 2.75) is 58.4 Å². The molecule has 0 bridgehead atoms. The Kier molecular flexibility index (Phi) is 4.48. The van der Waals surface area contributed by atoms with E-state index in [4.69, 9.17) is 0 Å². The molecule has 19 heavy (non-hydrogen) atoms. The lowest BCUT2D eigenvalue weighted by molar-refractivity contribution is -0.149. The van der Waals surface area contributed by atoms with E-state index >= 15 is 0 Å². The summed E-state index contributed by atoms with van der Waals surface area (Å²) in [6.07, 6.45) is 5.53. The fourth-order valence-electron chi connectivity index (χ4n) is 3.79. The minimum Gasteiger partial charge on any atom is -0.481 e. The molecule has 1 saturated heterocycles. The van der Waals surface area contributed by atoms with E-state index < -0.39 is 11.9 Å². The predicted octanol–water partition coefficient (Wildman–Crippen LogP) is 2.52. The van der Waals surface area contributed by atoms with Gasteiger partial charge in [0.25, 0.3) is 0 Å². The number of amides is 1. The Morgan fingerprint density at radius 2 is 1.84 bits per heavy atom. The van der Waals surface area contributed by atoms with Crippen LogP contribution in [0.25, 0.3) is 0 Å². The summed E-state index contributed by atoms with van der Waals surface area (Å²) in [5.74, 6) is -1.03. The SMILES string of the molecule is CCC1C[C@H](C(=O)N2CCCC2CC)[C@H](C(=O)O)C1. The van der Waals surface area contributed by atoms with Crippen LogP contribution in [-0.4, -0.2) is 34.5 Å². The Bertz CT molecular complexity index is 355. The monoisotopic (exact) mass is 267 g/mol. The van der Waals surface area contributed by atoms with Crippen LogP contribution >= 0.6 is 0 Å². The number of nitrogens with zero attached hydrogens (tertiary/aromatic N) is 1. The molecule has 4 nitrogen and oxygen atoms in total. The molecule has 0 radical (unpaired) electrons. The molecule has 2 aliphatic rings. The summed E-state index contributed by atoms with van der Waals surface area (Å²) in [4.78, 5) is 26.0. The van der Waals surface area contributed by atoms with E-state index in [0.29, 0.717) is 18.4 Å². The molecule has 1 saturated carbocycles. The molecule has 2 unspecified atom stereocenters. The average molecular weight is 267 g/mol. The minimum absolute atomic E-state index is 0.104. The zero-order chi connectivity index (χ0) is 14.0. The van der Waals surface area contributed by atoms with Crippen LogP contribution in [0.2, 0.25) is 0 Å². The summed E-state index contributed by atoms with van der Waals surface area (Å²) in [6, 6.07) is 0.336. The van der Waals surface area contributed by atoms with Crippen LogP contribution in [0.5, 0.6) is 0 Å². The molecule has 1 amide bonds. The molecule has 108 valence electrons. The highest BCUT2D eigenvalue weighted by Gasteiger charge is 2.45. The molecular weight excluding hydrogens is 242 g/mol. The van der Waals surface area contributed by atoms with Gasteiger partial charge in [-0.2, -0.15) is 0 Å². The molecule has 1 aliphatic heterocycles. The Morgan fingerprint density at radius 1 is 1.16 bits per heavy atom. The van der Waals surface area contributed by atoms with Gasteiger partial charge in [-0.25, -0.2) is 0 Å². The van der Waals surface area contributed by atoms with Gasteiger partial charge in [0.05, 0.1) is 11.8 Å². The van der Waals surface area contributed by atoms with Crippen LogP contribution in [0, 0.1) is 17.8 Å². The van der Waals surface area contributed by atoms with E-state index in [1.165, 1.54) is 0 Å². The molecule has 2 fully saturated rings. The fourth-order valence-corrected chi connectivity index (χ4v) is 3.79. The first-order valence-electron chi connectivity index (χ1n) is 7.61. The Hall–Kier alpha value is -1.06. The van der Waals surface area contributed by atoms with Gasteiger partial charge in [0.15, 0.2) is 0 Å². The molecule has 4 heteroatoms. The summed E-state index contributed by atoms with van der Waals surface area (Å²) in [5, 5.41) is 9.34. The van der Waals surface area contributed by atoms with E-state index in [9.17, 15) is 14.7 Å². The van der Waals surface area contributed by atoms with Crippen molar-refractivity contribution >= 4 is 11.9 Å². The van der Waals surface area contributed by atoms with Crippen LogP contribution in [0.3, 0.4) is 0 Å². The highest BCUT2D eigenvalue weighted by Crippen LogP contribution is 2.40. The predicted molar refractivity (Wildman–Crippen MR) is 72.7 cm³/mol. The van der Waals surface area contributed by atoms with Gasteiger partial charge in [-0.15, -0.1) is 0 Å². The topological polar surface area (TPSA) is 57.6 Å². The standard InChI is InChI=1S/C15H25NO3/c1-3-10-8-12(13(9-10)15(18)19)14(17)16-7-5-6-11(16)4-2/h10-13H,3-9H2,1-2H3,(H,18,19)/t10?,11?,12-,13+/m0/s1. The maximum absolute atomic E-state index is 12.7. The van der Waals surface area contributed by atoms with Gasteiger partial charge in [0.1, 0.15) is 0 Å². The molecule has 1 aliphatic carbocycles. The number of carboxylic acid groups (broad SMARTS) is 1. The third kappa shape index (κ3) is 2.77. The number of carbonyl (C=O) groups is 2. The second kappa shape index (κ2) is 5.93. The van der Waals surface area contributed by atoms with Gasteiger partial charge in [-0.3, -0.25) is 9.59 Å². The summed E-state index contributed by atoms with van der Waals surface area (Å²) in [5.41, 5.74) is 0. The van der Waals surface area contributed by atoms with Crippen LogP contribution in [-0.2, 0) is 9.59 Å². The normalized spacial score (nSPS) is 34.7. The van der Waals surface area contributed by atoms with E-state index in [-0.39, 0.29) is 11.8 Å². The summed E-state index contributed by atoms with van der Waals surface area (Å²) < 4.78 is 0. The van der Waals surface area contributed by atoms with E-state index in [2.05, 4.69) is 13.8 Å². The molecule has 1 N–H and O–H groups in total. The molecule has 4 atom stereocenters. The van der Waals surface area contributed by atoms with E-state index in [0.717, 1.165) is 38.6 Å². The zero-order valence-corrected chi connectivity index (χ0v) is 12.0. The van der Waals surface area contributed by atoms with Crippen molar-refractivity contribution in [3.05, 3.63) is 0 Å². The third-order valence-electron chi connectivity index (χ3n) is 5.00. The van der Waals surface area contributed by atoms with Crippen LogP contribution in [0.4, 0.5) is 0 Å². The van der Waals surface area contributed by atoms with Crippen molar-refractivity contribution in [1.29, 1.82) is 0 Å². The number of carbonyl (C=O) groups excluding carboxylic acids is 1. The lowest BCUT2D eigenvalue weighted by Gasteiger charge is -2.28. The van der Waals surface area contributed by atoms with E-state index in [1.54, 1.807) is 0 Å². The Balaban J connectivity index is 2.10. The average Bonchev–Trinajstić information content (AvgIpc) is 3.03. The fraction of sp³-hybridized carbons (Fsp3) is 0.867. The smallest absolute Gasteiger partial charge is 0.307 e. The van der Waals surface area contributed by atoms with E-state index in [1.807, 2.05) is 4.90 Å². The third-order valence-corrected chi connectivity index (χ3v) is 5.00. The van der Waals surface area contributed by atoms with Crippen molar-refractivity contribution in [2.75, 3.05) is 6.54 Å². The first kappa shape index (κ1) is 14.4. The molecule has 0 aromatic heterocycles. The van der Waals surface area contributed by atoms with Crippen LogP contribution < -0.4 is 0 Å². The van der Waals surface area contributed by atoms with Crippen LogP contribution in [0.1, 0.15) is 52.4 Å². The number of hydrogen-bond acceptors (Lipinski definition) is 2. The van der Waals surface area contributed by atoms with Gasteiger partial charge >= 0.3 is 5.97 Å². The van der Waals surface area contributed by atoms with Gasteiger partial charge in [0, 0.05) is 12.6 Å². The quantitative estimate of drug-likeness (QED) is 0.851. The summed E-state index contributed by atoms with van der Waals surface area (Å²) in [7, 11) is 0. The Labute approximate surface area is 115 Å². The first-order chi connectivity index (χ1) is 9.08. The number of likely N-dealkylation sites (tertiary alicyclic amines) is 1. The molecule has 0 aromatic rings. The van der Waals surface area contributed by atoms with Crippen molar-refractivity contribution in [3.8, 4) is 0 Å². The number of hydrogen-bond donors (Lipinski definition) is 1. The van der Waals surface area contributed by atoms with Crippen LogP contribution in [0.15, 0.2) is 0 Å². The second-order valence-electron chi connectivity index (χ2n) is 6.03. The van der Waals surface area contributed by atoms with Crippen molar-refractivity contribution in [3.63, 3.8) is 0 Å². The van der Waals surface area contributed by atoms with Crippen molar-refractivity contribution in [1.82, 2.24) is 4.90 Å². The molecule has 0 spiro atoms. The second-order valence-corrected chi connectivity index (χ2v) is 6.03. The summed E-state index contributed by atoms with van der Waals surface area (Å²) >= 11 is 0. The molecule has 1 heterocycles. The van der Waals surface area contributed by atoms with Gasteiger partial charge < -0.3 is 10.0 Å². The van der Waals surface area contributed by atoms with Crippen molar-refractivity contribution in [2.24, 2.45) is 17.8 Å². The highest BCUT2D eigenvalue weighted by molar-refractivity contribution is 5.85. The largest absolute Gasteiger partial charge is 0.481 e. The number of aliphatic carboxylic acids is 1. The molecule has 2 rings (SSSR count). The van der Waals surface area contributed by atoms with Gasteiger partial charge in [-0.05, 0) is 38.0 Å². The highest BCUT2D eigenvalue weighted by atomic mass is 16.4. The lowest BCUT2D eigenvalue weighted by atomic mass is 9.94. The first-order valence-corrected chi connectivity index (χ1v) is 7.61. The van der Waals surface area contributed by atoms with Gasteiger partial charge in [0.2, 0.25) is 5.91 Å². The lowest BCUT2D eigenvalue weighted by Crippen LogP contribution is -2.41. The number of rotatable bonds is 4. The molecular formula is C15H25NO3. The van der Waals surface area contributed by atoms with Crippen molar-refractivity contribution < 1.29 is 14.7 Å². The zero-order valence-electron chi connectivity index (χ0n) is 12.0.